The Morgan fingerprint density at radius 3 is 2.71 bits per heavy atom. The Morgan fingerprint density at radius 2 is 1.96 bits per heavy atom. The van der Waals surface area contributed by atoms with E-state index in [0.717, 1.165) is 17.8 Å². The molecule has 146 valence electrons. The molecule has 1 aliphatic rings. The number of nitrogens with one attached hydrogen (secondary N) is 1. The summed E-state index contributed by atoms with van der Waals surface area (Å²) in [5, 5.41) is 0. The number of hydrogen-bond acceptors (Lipinski definition) is 4. The molecule has 1 saturated heterocycles. The van der Waals surface area contributed by atoms with Crippen molar-refractivity contribution in [3.05, 3.63) is 47.8 Å². The van der Waals surface area contributed by atoms with E-state index in [9.17, 15) is 4.79 Å². The van der Waals surface area contributed by atoms with Crippen LogP contribution < -0.4 is 0 Å². The molecule has 0 atom stereocenters. The predicted molar refractivity (Wildman–Crippen MR) is 112 cm³/mol. The number of fused-ring (bicyclic) bond motifs is 1. The fraction of sp³-hybridized carbons (Fsp3) is 0.435. The van der Waals surface area contributed by atoms with Crippen molar-refractivity contribution in [2.45, 2.75) is 46.6 Å². The fourth-order valence-electron chi connectivity index (χ4n) is 3.81. The van der Waals surface area contributed by atoms with Gasteiger partial charge in [-0.2, -0.15) is 0 Å². The largest absolute Gasteiger partial charge is 0.344 e. The van der Waals surface area contributed by atoms with Gasteiger partial charge in [-0.05, 0) is 37.6 Å². The smallest absolute Gasteiger partial charge is 0.171 e. The summed E-state index contributed by atoms with van der Waals surface area (Å²) in [5.41, 5.74) is 4.60. The molecule has 0 bridgehead atoms. The van der Waals surface area contributed by atoms with Crippen LogP contribution in [0.3, 0.4) is 0 Å². The van der Waals surface area contributed by atoms with Crippen molar-refractivity contribution in [2.24, 2.45) is 5.41 Å². The number of aromatic nitrogens is 3. The third-order valence-electron chi connectivity index (χ3n) is 5.38. The molecular weight excluding hydrogens is 348 g/mol. The second kappa shape index (κ2) is 7.47. The Balaban J connectivity index is 1.65. The highest BCUT2D eigenvalue weighted by Crippen LogP contribution is 2.27. The minimum atomic E-state index is -0.457. The molecule has 3 heterocycles. The van der Waals surface area contributed by atoms with E-state index in [1.807, 2.05) is 20.8 Å². The number of H-pyrrole nitrogens is 1. The second-order valence-corrected chi connectivity index (χ2v) is 8.77. The molecule has 1 fully saturated rings. The topological polar surface area (TPSA) is 61.9 Å². The average molecular weight is 377 g/mol. The highest BCUT2D eigenvalue weighted by atomic mass is 16.1. The van der Waals surface area contributed by atoms with E-state index in [-0.39, 0.29) is 5.78 Å². The molecule has 0 aliphatic carbocycles. The van der Waals surface area contributed by atoms with Crippen molar-refractivity contribution < 1.29 is 4.79 Å². The first-order valence-electron chi connectivity index (χ1n) is 10.1. The zero-order valence-corrected chi connectivity index (χ0v) is 17.0. The van der Waals surface area contributed by atoms with Crippen LogP contribution in [-0.4, -0.2) is 38.7 Å². The summed E-state index contributed by atoms with van der Waals surface area (Å²) in [6.07, 6.45) is 7.44. The quantitative estimate of drug-likeness (QED) is 0.662. The molecule has 0 spiro atoms. The number of carbonyl (C=O) groups is 1. The third-order valence-corrected chi connectivity index (χ3v) is 5.38. The number of benzene rings is 1. The summed E-state index contributed by atoms with van der Waals surface area (Å²) in [5.74, 6) is 0.0732. The van der Waals surface area contributed by atoms with Crippen LogP contribution in [-0.2, 0) is 6.54 Å². The Bertz CT molecular complexity index is 993. The maximum absolute atomic E-state index is 12.8. The molecule has 28 heavy (non-hydrogen) atoms. The lowest BCUT2D eigenvalue weighted by Crippen LogP contribution is -2.29. The van der Waals surface area contributed by atoms with Crippen LogP contribution >= 0.6 is 0 Å². The first kappa shape index (κ1) is 18.8. The zero-order valence-electron chi connectivity index (χ0n) is 17.0. The van der Waals surface area contributed by atoms with Gasteiger partial charge in [-0.3, -0.25) is 9.69 Å². The number of aromatic amines is 1. The lowest BCUT2D eigenvalue weighted by Gasteiger charge is -2.26. The summed E-state index contributed by atoms with van der Waals surface area (Å²) in [6, 6.07) is 8.52. The monoisotopic (exact) mass is 376 g/mol. The van der Waals surface area contributed by atoms with Crippen LogP contribution in [0.1, 0.15) is 56.0 Å². The van der Waals surface area contributed by atoms with E-state index >= 15 is 0 Å². The predicted octanol–water partition coefficient (Wildman–Crippen LogP) is 4.84. The van der Waals surface area contributed by atoms with Gasteiger partial charge in [-0.1, -0.05) is 45.4 Å². The van der Waals surface area contributed by atoms with Crippen molar-refractivity contribution >= 4 is 16.9 Å². The van der Waals surface area contributed by atoms with Crippen molar-refractivity contribution in [2.75, 3.05) is 13.1 Å². The molecule has 0 unspecified atom stereocenters. The molecule has 4 rings (SSSR count). The van der Waals surface area contributed by atoms with Crippen LogP contribution in [0.2, 0.25) is 0 Å². The Labute approximate surface area is 166 Å². The van der Waals surface area contributed by atoms with Crippen LogP contribution in [0.4, 0.5) is 0 Å². The normalized spacial score (nSPS) is 15.8. The van der Waals surface area contributed by atoms with Gasteiger partial charge in [-0.25, -0.2) is 9.97 Å². The van der Waals surface area contributed by atoms with E-state index in [2.05, 4.69) is 39.1 Å². The number of rotatable bonds is 4. The van der Waals surface area contributed by atoms with E-state index < -0.39 is 5.41 Å². The van der Waals surface area contributed by atoms with Crippen LogP contribution in [0, 0.1) is 5.41 Å². The molecule has 2 aromatic heterocycles. The van der Waals surface area contributed by atoms with E-state index in [0.29, 0.717) is 16.7 Å². The van der Waals surface area contributed by atoms with Gasteiger partial charge in [0.05, 0.1) is 17.5 Å². The Kier molecular flexibility index (Phi) is 5.02. The summed E-state index contributed by atoms with van der Waals surface area (Å²) in [7, 11) is 0. The van der Waals surface area contributed by atoms with Gasteiger partial charge in [-0.15, -0.1) is 0 Å². The molecular formula is C23H28N4O. The lowest BCUT2D eigenvalue weighted by molar-refractivity contribution is 0.0860. The standard InChI is InChI=1S/C23H28N4O/c1-23(2,3)21(28)18-13-24-22-20(18)26-19(14-25-22)17-9-7-8-16(12-17)15-27-10-5-4-6-11-27/h7-9,12-14H,4-6,10-11,15H2,1-3H3,(H,24,25). The zero-order chi connectivity index (χ0) is 19.7. The number of carbonyl (C=O) groups excluding carboxylic acids is 1. The molecule has 1 aliphatic heterocycles. The van der Waals surface area contributed by atoms with E-state index in [1.54, 1.807) is 12.4 Å². The third kappa shape index (κ3) is 3.85. The maximum atomic E-state index is 12.8. The number of piperidine rings is 1. The number of ketones is 1. The van der Waals surface area contributed by atoms with Gasteiger partial charge in [0.25, 0.3) is 0 Å². The number of Topliss-reactive ketones (excluding diaryl/α,β-unsaturated/α-hetero) is 1. The van der Waals surface area contributed by atoms with Gasteiger partial charge in [0.2, 0.25) is 0 Å². The molecule has 5 nitrogen and oxygen atoms in total. The van der Waals surface area contributed by atoms with Gasteiger partial charge in [0, 0.05) is 23.7 Å². The molecule has 5 heteroatoms. The number of hydrogen-bond donors (Lipinski definition) is 1. The van der Waals surface area contributed by atoms with Crippen molar-refractivity contribution in [1.29, 1.82) is 0 Å². The van der Waals surface area contributed by atoms with Gasteiger partial charge < -0.3 is 4.98 Å². The minimum Gasteiger partial charge on any atom is -0.344 e. The van der Waals surface area contributed by atoms with Gasteiger partial charge >= 0.3 is 0 Å². The van der Waals surface area contributed by atoms with Crippen LogP contribution in [0.5, 0.6) is 0 Å². The molecule has 1 aromatic carbocycles. The minimum absolute atomic E-state index is 0.0732. The highest BCUT2D eigenvalue weighted by Gasteiger charge is 2.26. The highest BCUT2D eigenvalue weighted by molar-refractivity contribution is 6.08. The van der Waals surface area contributed by atoms with Gasteiger partial charge in [0.15, 0.2) is 11.4 Å². The molecule has 0 saturated carbocycles. The molecule has 0 radical (unpaired) electrons. The lowest BCUT2D eigenvalue weighted by atomic mass is 9.87. The number of nitrogens with zero attached hydrogens (tertiary/aromatic N) is 3. The van der Waals surface area contributed by atoms with E-state index in [1.165, 1.54) is 37.9 Å². The Morgan fingerprint density at radius 1 is 1.18 bits per heavy atom. The second-order valence-electron chi connectivity index (χ2n) is 8.77. The molecule has 1 N–H and O–H groups in total. The number of likely N-dealkylation sites (tertiary alicyclic amines) is 1. The SMILES string of the molecule is CC(C)(C)C(=O)c1c[nH]c2ncc(-c3cccc(CN4CCCCC4)c3)nc12. The first-order valence-corrected chi connectivity index (χ1v) is 10.1. The van der Waals surface area contributed by atoms with Crippen LogP contribution in [0.25, 0.3) is 22.4 Å². The maximum Gasteiger partial charge on any atom is 0.171 e. The first-order chi connectivity index (χ1) is 13.4. The van der Waals surface area contributed by atoms with Gasteiger partial charge in [0.1, 0.15) is 5.52 Å². The summed E-state index contributed by atoms with van der Waals surface area (Å²) < 4.78 is 0. The van der Waals surface area contributed by atoms with Crippen molar-refractivity contribution in [1.82, 2.24) is 19.9 Å². The average Bonchev–Trinajstić information content (AvgIpc) is 3.10. The summed E-state index contributed by atoms with van der Waals surface area (Å²) in [6.45, 7) is 9.11. The molecule has 0 amide bonds. The Hall–Kier alpha value is -2.53. The van der Waals surface area contributed by atoms with Crippen LogP contribution in [0.15, 0.2) is 36.7 Å². The van der Waals surface area contributed by atoms with Crippen molar-refractivity contribution in [3.8, 4) is 11.3 Å². The van der Waals surface area contributed by atoms with E-state index in [4.69, 9.17) is 4.98 Å². The summed E-state index contributed by atoms with van der Waals surface area (Å²) in [4.78, 5) is 27.7. The fourth-order valence-corrected chi connectivity index (χ4v) is 3.81. The summed E-state index contributed by atoms with van der Waals surface area (Å²) >= 11 is 0. The van der Waals surface area contributed by atoms with Crippen molar-refractivity contribution in [3.63, 3.8) is 0 Å². The molecule has 3 aromatic rings.